The van der Waals surface area contributed by atoms with E-state index in [0.717, 1.165) is 19.6 Å². The summed E-state index contributed by atoms with van der Waals surface area (Å²) in [5.41, 5.74) is 0.0173. The van der Waals surface area contributed by atoms with Crippen molar-refractivity contribution < 1.29 is 14.3 Å². The van der Waals surface area contributed by atoms with Crippen molar-refractivity contribution in [2.24, 2.45) is 0 Å². The third-order valence-electron chi connectivity index (χ3n) is 3.73. The largest absolute Gasteiger partial charge is 0.444 e. The van der Waals surface area contributed by atoms with Crippen LogP contribution in [0.1, 0.15) is 31.1 Å². The number of nitrogens with one attached hydrogen (secondary N) is 1. The molecular weight excluding hydrogens is 344 g/mol. The summed E-state index contributed by atoms with van der Waals surface area (Å²) < 4.78 is 5.38. The fourth-order valence-corrected chi connectivity index (χ4v) is 2.63. The molecule has 138 valence electrons. The predicted octanol–water partition coefficient (Wildman–Crippen LogP) is 2.02. The normalized spacial score (nSPS) is 15.8. The Bertz CT molecular complexity index is 610. The van der Waals surface area contributed by atoms with E-state index in [1.54, 1.807) is 11.0 Å². The van der Waals surface area contributed by atoms with Crippen molar-refractivity contribution in [3.8, 4) is 0 Å². The van der Waals surface area contributed by atoms with Crippen LogP contribution in [-0.2, 0) is 4.74 Å². The third kappa shape index (κ3) is 6.51. The number of hydrogen-bond acceptors (Lipinski definition) is 5. The molecule has 0 aliphatic carbocycles. The summed E-state index contributed by atoms with van der Waals surface area (Å²) in [5.74, 6) is -0.170. The van der Waals surface area contributed by atoms with Crippen molar-refractivity contribution in [3.63, 3.8) is 0 Å². The Kier molecular flexibility index (Phi) is 6.61. The highest BCUT2D eigenvalue weighted by Gasteiger charge is 2.25. The Morgan fingerprint density at radius 2 is 1.96 bits per heavy atom. The van der Waals surface area contributed by atoms with Crippen molar-refractivity contribution in [2.75, 3.05) is 39.3 Å². The van der Waals surface area contributed by atoms with Crippen LogP contribution < -0.4 is 5.32 Å². The first-order valence-corrected chi connectivity index (χ1v) is 8.72. The number of ether oxygens (including phenoxy) is 1. The van der Waals surface area contributed by atoms with E-state index >= 15 is 0 Å². The maximum atomic E-state index is 12.0. The number of piperazine rings is 1. The van der Waals surface area contributed by atoms with Crippen molar-refractivity contribution in [1.29, 1.82) is 0 Å². The molecule has 1 aliphatic rings. The van der Waals surface area contributed by atoms with Gasteiger partial charge in [-0.15, -0.1) is 0 Å². The highest BCUT2D eigenvalue weighted by molar-refractivity contribution is 6.29. The Balaban J connectivity index is 1.69. The zero-order valence-electron chi connectivity index (χ0n) is 14.9. The molecule has 1 fully saturated rings. The number of halogens is 1. The second-order valence-electron chi connectivity index (χ2n) is 6.93. The molecule has 0 bridgehead atoms. The van der Waals surface area contributed by atoms with E-state index in [4.69, 9.17) is 16.3 Å². The van der Waals surface area contributed by atoms with E-state index in [1.165, 1.54) is 12.3 Å². The summed E-state index contributed by atoms with van der Waals surface area (Å²) in [6.45, 7) is 9.62. The van der Waals surface area contributed by atoms with Crippen LogP contribution in [0.25, 0.3) is 0 Å². The van der Waals surface area contributed by atoms with Crippen molar-refractivity contribution in [1.82, 2.24) is 20.1 Å². The zero-order valence-corrected chi connectivity index (χ0v) is 15.7. The lowest BCUT2D eigenvalue weighted by molar-refractivity contribution is 0.0147. The molecule has 1 saturated heterocycles. The molecule has 2 amide bonds. The van der Waals surface area contributed by atoms with Crippen molar-refractivity contribution in [2.45, 2.75) is 26.4 Å². The first-order valence-electron chi connectivity index (χ1n) is 8.34. The second-order valence-corrected chi connectivity index (χ2v) is 7.32. The first kappa shape index (κ1) is 19.5. The molecule has 0 aromatic carbocycles. The third-order valence-corrected chi connectivity index (χ3v) is 3.93. The summed E-state index contributed by atoms with van der Waals surface area (Å²) in [6.07, 6.45) is 1.24. The van der Waals surface area contributed by atoms with Gasteiger partial charge in [0.25, 0.3) is 5.91 Å². The lowest BCUT2D eigenvalue weighted by Gasteiger charge is -2.35. The van der Waals surface area contributed by atoms with E-state index < -0.39 is 5.60 Å². The minimum Gasteiger partial charge on any atom is -0.444 e. The zero-order chi connectivity index (χ0) is 18.4. The Morgan fingerprint density at radius 1 is 1.28 bits per heavy atom. The van der Waals surface area contributed by atoms with Crippen LogP contribution in [0.2, 0.25) is 5.15 Å². The number of carbonyl (C=O) groups excluding carboxylic acids is 2. The minimum atomic E-state index is -0.478. The van der Waals surface area contributed by atoms with Crippen LogP contribution >= 0.6 is 11.6 Å². The van der Waals surface area contributed by atoms with E-state index in [0.29, 0.717) is 30.4 Å². The van der Waals surface area contributed by atoms with E-state index in [2.05, 4.69) is 15.2 Å². The summed E-state index contributed by atoms with van der Waals surface area (Å²) in [6, 6.07) is 3.16. The van der Waals surface area contributed by atoms with E-state index in [1.807, 2.05) is 20.8 Å². The molecule has 1 aromatic rings. The number of nitrogens with zero attached hydrogens (tertiary/aromatic N) is 3. The van der Waals surface area contributed by atoms with E-state index in [9.17, 15) is 9.59 Å². The highest BCUT2D eigenvalue weighted by Crippen LogP contribution is 2.11. The molecule has 1 N–H and O–H groups in total. The molecule has 7 nitrogen and oxygen atoms in total. The second kappa shape index (κ2) is 8.49. The molecule has 2 heterocycles. The Hall–Kier alpha value is -1.86. The fraction of sp³-hybridized carbons (Fsp3) is 0.588. The molecule has 25 heavy (non-hydrogen) atoms. The molecule has 8 heteroatoms. The number of rotatable bonds is 4. The Labute approximate surface area is 153 Å². The van der Waals surface area contributed by atoms with Crippen LogP contribution in [0.15, 0.2) is 18.3 Å². The monoisotopic (exact) mass is 368 g/mol. The predicted molar refractivity (Wildman–Crippen MR) is 95.8 cm³/mol. The fourth-order valence-electron chi connectivity index (χ4n) is 2.45. The maximum Gasteiger partial charge on any atom is 0.410 e. The van der Waals surface area contributed by atoms with Gasteiger partial charge in [0.1, 0.15) is 10.8 Å². The van der Waals surface area contributed by atoms with Crippen molar-refractivity contribution >= 4 is 23.6 Å². The molecule has 1 aliphatic heterocycles. The van der Waals surface area contributed by atoms with Crippen LogP contribution in [0.4, 0.5) is 4.79 Å². The molecule has 0 spiro atoms. The molecule has 1 aromatic heterocycles. The van der Waals surface area contributed by atoms with Gasteiger partial charge in [-0.2, -0.15) is 0 Å². The highest BCUT2D eigenvalue weighted by atomic mass is 35.5. The van der Waals surface area contributed by atoms with Crippen molar-refractivity contribution in [3.05, 3.63) is 29.0 Å². The summed E-state index contributed by atoms with van der Waals surface area (Å²) in [4.78, 5) is 31.8. The summed E-state index contributed by atoms with van der Waals surface area (Å²) in [5, 5.41) is 3.16. The minimum absolute atomic E-state index is 0.170. The number of carbonyl (C=O) groups is 2. The molecule has 0 unspecified atom stereocenters. The first-order chi connectivity index (χ1) is 11.7. The summed E-state index contributed by atoms with van der Waals surface area (Å²) in [7, 11) is 0. The quantitative estimate of drug-likeness (QED) is 0.823. The van der Waals surface area contributed by atoms with Gasteiger partial charge in [0.2, 0.25) is 0 Å². The Morgan fingerprint density at radius 3 is 2.56 bits per heavy atom. The average Bonchev–Trinajstić information content (AvgIpc) is 2.53. The number of hydrogen-bond donors (Lipinski definition) is 1. The standard InChI is InChI=1S/C17H25ClN4O3/c1-17(2,3)25-16(24)22-10-8-21(9-11-22)7-6-20-15(23)13-4-5-19-14(18)12-13/h4-5,12H,6-11H2,1-3H3,(H,20,23). The van der Waals surface area contributed by atoms with Crippen LogP contribution in [-0.4, -0.2) is 71.7 Å². The lowest BCUT2D eigenvalue weighted by Crippen LogP contribution is -2.51. The van der Waals surface area contributed by atoms with Gasteiger partial charge in [0, 0.05) is 51.0 Å². The molecule has 0 atom stereocenters. The SMILES string of the molecule is CC(C)(C)OC(=O)N1CCN(CCNC(=O)c2ccnc(Cl)c2)CC1. The summed E-state index contributed by atoms with van der Waals surface area (Å²) >= 11 is 5.78. The molecule has 0 saturated carbocycles. The number of amides is 2. The van der Waals surface area contributed by atoms with Gasteiger partial charge in [0.05, 0.1) is 0 Å². The van der Waals surface area contributed by atoms with Gasteiger partial charge in [0.15, 0.2) is 0 Å². The van der Waals surface area contributed by atoms with Crippen LogP contribution in [0.5, 0.6) is 0 Å². The number of aromatic nitrogens is 1. The molecular formula is C17H25ClN4O3. The average molecular weight is 369 g/mol. The van der Waals surface area contributed by atoms with Gasteiger partial charge in [-0.05, 0) is 32.9 Å². The van der Waals surface area contributed by atoms with Crippen LogP contribution in [0, 0.1) is 0 Å². The molecule has 0 radical (unpaired) electrons. The van der Waals surface area contributed by atoms with Crippen LogP contribution in [0.3, 0.4) is 0 Å². The number of pyridine rings is 1. The van der Waals surface area contributed by atoms with Gasteiger partial charge >= 0.3 is 6.09 Å². The lowest BCUT2D eigenvalue weighted by atomic mass is 10.2. The molecule has 2 rings (SSSR count). The van der Waals surface area contributed by atoms with Gasteiger partial charge in [-0.25, -0.2) is 9.78 Å². The maximum absolute atomic E-state index is 12.0. The van der Waals surface area contributed by atoms with E-state index in [-0.39, 0.29) is 12.0 Å². The van der Waals surface area contributed by atoms with Gasteiger partial charge in [-0.3, -0.25) is 9.69 Å². The topological polar surface area (TPSA) is 74.8 Å². The smallest absolute Gasteiger partial charge is 0.410 e. The van der Waals surface area contributed by atoms with Gasteiger partial charge in [-0.1, -0.05) is 11.6 Å². The van der Waals surface area contributed by atoms with Gasteiger partial charge < -0.3 is 15.0 Å².